The van der Waals surface area contributed by atoms with Crippen LogP contribution in [0.1, 0.15) is 19.3 Å². The summed E-state index contributed by atoms with van der Waals surface area (Å²) < 4.78 is 30.2. The third-order valence-corrected chi connectivity index (χ3v) is 4.78. The van der Waals surface area contributed by atoms with Gasteiger partial charge in [-0.2, -0.15) is 0 Å². The molecular weight excluding hydrogens is 285 g/mol. The van der Waals surface area contributed by atoms with Crippen LogP contribution in [0.5, 0.6) is 5.75 Å². The molecular formula is C17H24FNO3. The first-order valence-corrected chi connectivity index (χ1v) is 7.96. The van der Waals surface area contributed by atoms with Crippen molar-refractivity contribution >= 4 is 0 Å². The minimum atomic E-state index is -0.301. The van der Waals surface area contributed by atoms with Crippen molar-refractivity contribution in [3.8, 4) is 5.75 Å². The molecule has 2 heterocycles. The molecule has 5 heteroatoms. The maximum atomic E-state index is 13.2. The number of hydrogen-bond donors (Lipinski definition) is 0. The Balaban J connectivity index is 1.58. The molecule has 0 aliphatic carbocycles. The summed E-state index contributed by atoms with van der Waals surface area (Å²) in [7, 11) is 1.74. The fourth-order valence-electron chi connectivity index (χ4n) is 3.35. The zero-order valence-corrected chi connectivity index (χ0v) is 13.1. The molecule has 0 amide bonds. The Morgan fingerprint density at radius 2 is 2.18 bits per heavy atom. The zero-order chi connectivity index (χ0) is 15.4. The van der Waals surface area contributed by atoms with Crippen LogP contribution in [0, 0.1) is 5.82 Å². The summed E-state index contributed by atoms with van der Waals surface area (Å²) in [4.78, 5) is 2.49. The molecule has 0 aromatic heterocycles. The van der Waals surface area contributed by atoms with Crippen LogP contribution in [-0.2, 0) is 9.47 Å². The highest BCUT2D eigenvalue weighted by atomic mass is 19.1. The summed E-state index contributed by atoms with van der Waals surface area (Å²) in [6.45, 7) is 4.03. The molecule has 1 aromatic carbocycles. The Labute approximate surface area is 131 Å². The minimum absolute atomic E-state index is 0.278. The molecule has 3 rings (SSSR count). The molecule has 4 nitrogen and oxygen atoms in total. The van der Waals surface area contributed by atoms with E-state index in [1.54, 1.807) is 19.2 Å². The first-order chi connectivity index (χ1) is 10.7. The van der Waals surface area contributed by atoms with Gasteiger partial charge >= 0.3 is 0 Å². The van der Waals surface area contributed by atoms with E-state index < -0.39 is 0 Å². The highest BCUT2D eigenvalue weighted by Gasteiger charge is 2.41. The summed E-state index contributed by atoms with van der Waals surface area (Å²) in [5.74, 6) is 0.278. The number of halogens is 1. The molecule has 1 unspecified atom stereocenters. The van der Waals surface area contributed by atoms with Crippen molar-refractivity contribution in [2.45, 2.75) is 30.9 Å². The van der Waals surface area contributed by atoms with E-state index >= 15 is 0 Å². The van der Waals surface area contributed by atoms with Gasteiger partial charge < -0.3 is 14.2 Å². The standard InChI is InChI=1S/C17H24FNO3/c1-20-17(13-22-16-4-2-3-14(18)11-16)7-8-19(12-17)15-5-9-21-10-6-15/h2-4,11,15H,5-10,12-13H2,1H3. The SMILES string of the molecule is COC1(COc2cccc(F)c2)CCN(C2CCOCC2)C1. The van der Waals surface area contributed by atoms with E-state index in [4.69, 9.17) is 14.2 Å². The first-order valence-electron chi connectivity index (χ1n) is 7.96. The van der Waals surface area contributed by atoms with E-state index in [0.29, 0.717) is 18.4 Å². The summed E-state index contributed by atoms with van der Waals surface area (Å²) in [6.07, 6.45) is 3.12. The number of rotatable bonds is 5. The summed E-state index contributed by atoms with van der Waals surface area (Å²) in [6, 6.07) is 6.85. The molecule has 1 atom stereocenters. The quantitative estimate of drug-likeness (QED) is 0.836. The number of methoxy groups -OCH3 is 1. The van der Waals surface area contributed by atoms with Gasteiger partial charge in [-0.25, -0.2) is 4.39 Å². The second kappa shape index (κ2) is 6.94. The highest BCUT2D eigenvalue weighted by molar-refractivity contribution is 5.22. The fourth-order valence-corrected chi connectivity index (χ4v) is 3.35. The molecule has 0 radical (unpaired) electrons. The van der Waals surface area contributed by atoms with Gasteiger partial charge in [-0.05, 0) is 31.4 Å². The lowest BCUT2D eigenvalue weighted by atomic mass is 10.0. The van der Waals surface area contributed by atoms with Crippen molar-refractivity contribution in [1.29, 1.82) is 0 Å². The van der Waals surface area contributed by atoms with Crippen LogP contribution in [-0.4, -0.2) is 56.6 Å². The maximum Gasteiger partial charge on any atom is 0.126 e. The van der Waals surface area contributed by atoms with Crippen molar-refractivity contribution in [2.24, 2.45) is 0 Å². The van der Waals surface area contributed by atoms with Crippen LogP contribution in [0.4, 0.5) is 4.39 Å². The Hall–Kier alpha value is -1.17. The van der Waals surface area contributed by atoms with Crippen LogP contribution in [0.3, 0.4) is 0 Å². The van der Waals surface area contributed by atoms with Crippen LogP contribution < -0.4 is 4.74 Å². The smallest absolute Gasteiger partial charge is 0.126 e. The topological polar surface area (TPSA) is 30.9 Å². The van der Waals surface area contributed by atoms with E-state index in [1.165, 1.54) is 12.1 Å². The molecule has 0 bridgehead atoms. The van der Waals surface area contributed by atoms with Gasteiger partial charge in [0, 0.05) is 45.5 Å². The van der Waals surface area contributed by atoms with Crippen LogP contribution in [0.25, 0.3) is 0 Å². The van der Waals surface area contributed by atoms with Gasteiger partial charge in [0.15, 0.2) is 0 Å². The number of ether oxygens (including phenoxy) is 3. The predicted octanol–water partition coefficient (Wildman–Crippen LogP) is 2.47. The van der Waals surface area contributed by atoms with Gasteiger partial charge in [-0.1, -0.05) is 6.07 Å². The Morgan fingerprint density at radius 1 is 1.36 bits per heavy atom. The summed E-state index contributed by atoms with van der Waals surface area (Å²) in [5, 5.41) is 0. The van der Waals surface area contributed by atoms with Crippen molar-refractivity contribution in [3.63, 3.8) is 0 Å². The molecule has 2 saturated heterocycles. The third kappa shape index (κ3) is 3.59. The summed E-state index contributed by atoms with van der Waals surface area (Å²) in [5.41, 5.74) is -0.301. The van der Waals surface area contributed by atoms with Gasteiger partial charge in [0.1, 0.15) is 23.8 Å². The van der Waals surface area contributed by atoms with Crippen LogP contribution >= 0.6 is 0 Å². The van der Waals surface area contributed by atoms with E-state index in [1.807, 2.05) is 0 Å². The van der Waals surface area contributed by atoms with E-state index in [2.05, 4.69) is 4.90 Å². The molecule has 2 aliphatic heterocycles. The number of nitrogens with zero attached hydrogens (tertiary/aromatic N) is 1. The van der Waals surface area contributed by atoms with Crippen LogP contribution in [0.15, 0.2) is 24.3 Å². The lowest BCUT2D eigenvalue weighted by Gasteiger charge is -2.33. The molecule has 0 saturated carbocycles. The number of hydrogen-bond acceptors (Lipinski definition) is 4. The molecule has 22 heavy (non-hydrogen) atoms. The number of benzene rings is 1. The van der Waals surface area contributed by atoms with E-state index in [9.17, 15) is 4.39 Å². The molecule has 2 fully saturated rings. The Kier molecular flexibility index (Phi) is 4.96. The first kappa shape index (κ1) is 15.7. The maximum absolute atomic E-state index is 13.2. The van der Waals surface area contributed by atoms with Gasteiger partial charge in [0.25, 0.3) is 0 Å². The van der Waals surface area contributed by atoms with Crippen molar-refractivity contribution in [2.75, 3.05) is 40.0 Å². The minimum Gasteiger partial charge on any atom is -0.490 e. The van der Waals surface area contributed by atoms with Crippen LogP contribution in [0.2, 0.25) is 0 Å². The second-order valence-electron chi connectivity index (χ2n) is 6.20. The Morgan fingerprint density at radius 3 is 2.91 bits per heavy atom. The average molecular weight is 309 g/mol. The third-order valence-electron chi connectivity index (χ3n) is 4.78. The van der Waals surface area contributed by atoms with Gasteiger partial charge in [0.05, 0.1) is 0 Å². The van der Waals surface area contributed by atoms with Gasteiger partial charge in [-0.15, -0.1) is 0 Å². The predicted molar refractivity (Wildman–Crippen MR) is 81.7 cm³/mol. The largest absolute Gasteiger partial charge is 0.490 e. The number of likely N-dealkylation sites (tertiary alicyclic amines) is 1. The van der Waals surface area contributed by atoms with Crippen molar-refractivity contribution in [1.82, 2.24) is 4.90 Å². The molecule has 2 aliphatic rings. The zero-order valence-electron chi connectivity index (χ0n) is 13.1. The van der Waals surface area contributed by atoms with Gasteiger partial charge in [0.2, 0.25) is 0 Å². The molecule has 0 spiro atoms. The molecule has 0 N–H and O–H groups in total. The monoisotopic (exact) mass is 309 g/mol. The average Bonchev–Trinajstić information content (AvgIpc) is 2.99. The molecule has 1 aromatic rings. The highest BCUT2D eigenvalue weighted by Crippen LogP contribution is 2.30. The lowest BCUT2D eigenvalue weighted by molar-refractivity contribution is -0.0426. The van der Waals surface area contributed by atoms with E-state index in [-0.39, 0.29) is 11.4 Å². The van der Waals surface area contributed by atoms with Crippen molar-refractivity contribution in [3.05, 3.63) is 30.1 Å². The second-order valence-corrected chi connectivity index (χ2v) is 6.20. The summed E-state index contributed by atoms with van der Waals surface area (Å²) >= 11 is 0. The lowest BCUT2D eigenvalue weighted by Crippen LogP contribution is -2.44. The molecule has 122 valence electrons. The fraction of sp³-hybridized carbons (Fsp3) is 0.647. The van der Waals surface area contributed by atoms with Gasteiger partial charge in [-0.3, -0.25) is 4.90 Å². The van der Waals surface area contributed by atoms with Crippen molar-refractivity contribution < 1.29 is 18.6 Å². The Bertz CT molecular complexity index is 493. The normalized spacial score (nSPS) is 27.2. The van der Waals surface area contributed by atoms with E-state index in [0.717, 1.165) is 45.6 Å².